The predicted octanol–water partition coefficient (Wildman–Crippen LogP) is 4.19. The molecule has 1 N–H and O–H groups in total. The zero-order valence-electron chi connectivity index (χ0n) is 12.4. The standard InChI is InChI=1S/C15H21N3OS/c1-10(2)20-9-13-6-5-7-14(8-13)16-11(3)15-18-17-12(4)19-15/h5-8,10-11,16H,9H2,1-4H3/t11-/m1/s1. The molecule has 0 spiro atoms. The molecule has 0 bridgehead atoms. The number of benzene rings is 1. The fraction of sp³-hybridized carbons (Fsp3) is 0.467. The Morgan fingerprint density at radius 2 is 2.05 bits per heavy atom. The van der Waals surface area contributed by atoms with E-state index in [9.17, 15) is 0 Å². The van der Waals surface area contributed by atoms with Gasteiger partial charge in [0.25, 0.3) is 0 Å². The van der Waals surface area contributed by atoms with Crippen molar-refractivity contribution in [1.82, 2.24) is 10.2 Å². The van der Waals surface area contributed by atoms with Gasteiger partial charge in [0, 0.05) is 18.4 Å². The minimum atomic E-state index is 0.00389. The molecule has 20 heavy (non-hydrogen) atoms. The summed E-state index contributed by atoms with van der Waals surface area (Å²) in [5.41, 5.74) is 2.40. The van der Waals surface area contributed by atoms with Crippen LogP contribution in [0.15, 0.2) is 28.7 Å². The molecule has 0 saturated heterocycles. The van der Waals surface area contributed by atoms with E-state index in [-0.39, 0.29) is 6.04 Å². The van der Waals surface area contributed by atoms with Gasteiger partial charge in [-0.25, -0.2) is 0 Å². The van der Waals surface area contributed by atoms with E-state index in [1.807, 2.05) is 18.7 Å². The average molecular weight is 291 g/mol. The Morgan fingerprint density at radius 3 is 2.70 bits per heavy atom. The first-order valence-corrected chi connectivity index (χ1v) is 7.86. The van der Waals surface area contributed by atoms with E-state index >= 15 is 0 Å². The van der Waals surface area contributed by atoms with Gasteiger partial charge in [-0.3, -0.25) is 0 Å². The maximum Gasteiger partial charge on any atom is 0.238 e. The second kappa shape index (κ2) is 6.79. The predicted molar refractivity (Wildman–Crippen MR) is 83.9 cm³/mol. The fourth-order valence-electron chi connectivity index (χ4n) is 1.81. The van der Waals surface area contributed by atoms with Gasteiger partial charge in [0.05, 0.1) is 0 Å². The summed E-state index contributed by atoms with van der Waals surface area (Å²) in [5.74, 6) is 2.24. The Kier molecular flexibility index (Phi) is 5.06. The van der Waals surface area contributed by atoms with Crippen LogP contribution in [0.25, 0.3) is 0 Å². The van der Waals surface area contributed by atoms with Gasteiger partial charge < -0.3 is 9.73 Å². The van der Waals surface area contributed by atoms with Gasteiger partial charge in [0.15, 0.2) is 0 Å². The number of anilines is 1. The van der Waals surface area contributed by atoms with Gasteiger partial charge in [-0.2, -0.15) is 11.8 Å². The van der Waals surface area contributed by atoms with Crippen molar-refractivity contribution in [3.8, 4) is 0 Å². The molecule has 5 heteroatoms. The van der Waals surface area contributed by atoms with Gasteiger partial charge in [-0.05, 0) is 29.9 Å². The van der Waals surface area contributed by atoms with Crippen LogP contribution in [0, 0.1) is 6.92 Å². The Morgan fingerprint density at radius 1 is 1.25 bits per heavy atom. The van der Waals surface area contributed by atoms with Crippen LogP contribution in [0.1, 0.15) is 44.2 Å². The molecule has 1 aromatic heterocycles. The molecule has 1 aromatic carbocycles. The summed E-state index contributed by atoms with van der Waals surface area (Å²) >= 11 is 1.94. The molecule has 108 valence electrons. The molecule has 0 radical (unpaired) electrons. The number of hydrogen-bond donors (Lipinski definition) is 1. The third-order valence-corrected chi connectivity index (χ3v) is 3.97. The van der Waals surface area contributed by atoms with Crippen molar-refractivity contribution in [2.75, 3.05) is 5.32 Å². The molecule has 0 aliphatic rings. The summed E-state index contributed by atoms with van der Waals surface area (Å²) in [7, 11) is 0. The summed E-state index contributed by atoms with van der Waals surface area (Å²) in [6, 6.07) is 8.47. The van der Waals surface area contributed by atoms with Gasteiger partial charge in [-0.15, -0.1) is 10.2 Å². The topological polar surface area (TPSA) is 51.0 Å². The van der Waals surface area contributed by atoms with Crippen LogP contribution < -0.4 is 5.32 Å². The molecule has 2 aromatic rings. The van der Waals surface area contributed by atoms with E-state index in [4.69, 9.17) is 4.42 Å². The Balaban J connectivity index is 2.00. The molecule has 0 fully saturated rings. The van der Waals surface area contributed by atoms with Gasteiger partial charge in [0.1, 0.15) is 6.04 Å². The third-order valence-electron chi connectivity index (χ3n) is 2.81. The fourth-order valence-corrected chi connectivity index (χ4v) is 2.52. The Hall–Kier alpha value is -1.49. The molecule has 1 heterocycles. The molecule has 0 aliphatic carbocycles. The summed E-state index contributed by atoms with van der Waals surface area (Å²) < 4.78 is 5.44. The van der Waals surface area contributed by atoms with Crippen molar-refractivity contribution in [2.45, 2.75) is 44.7 Å². The van der Waals surface area contributed by atoms with E-state index in [0.29, 0.717) is 17.0 Å². The smallest absolute Gasteiger partial charge is 0.238 e. The van der Waals surface area contributed by atoms with Crippen LogP contribution in [0.2, 0.25) is 0 Å². The van der Waals surface area contributed by atoms with E-state index < -0.39 is 0 Å². The van der Waals surface area contributed by atoms with Crippen LogP contribution in [0.5, 0.6) is 0 Å². The number of hydrogen-bond acceptors (Lipinski definition) is 5. The summed E-state index contributed by atoms with van der Waals surface area (Å²) in [4.78, 5) is 0. The number of aryl methyl sites for hydroxylation is 1. The largest absolute Gasteiger partial charge is 0.423 e. The number of nitrogens with zero attached hydrogens (tertiary/aromatic N) is 2. The minimum Gasteiger partial charge on any atom is -0.423 e. The molecule has 2 rings (SSSR count). The van der Waals surface area contributed by atoms with Crippen molar-refractivity contribution in [2.24, 2.45) is 0 Å². The maximum atomic E-state index is 5.44. The summed E-state index contributed by atoms with van der Waals surface area (Å²) in [6.45, 7) is 8.25. The van der Waals surface area contributed by atoms with Crippen LogP contribution in [-0.2, 0) is 5.75 Å². The Labute approximate surface area is 124 Å². The zero-order chi connectivity index (χ0) is 14.5. The highest BCUT2D eigenvalue weighted by atomic mass is 32.2. The quantitative estimate of drug-likeness (QED) is 0.864. The lowest BCUT2D eigenvalue weighted by molar-refractivity contribution is 0.451. The molecular weight excluding hydrogens is 270 g/mol. The summed E-state index contributed by atoms with van der Waals surface area (Å²) in [6.07, 6.45) is 0. The lowest BCUT2D eigenvalue weighted by Gasteiger charge is -2.13. The van der Waals surface area contributed by atoms with E-state index in [0.717, 1.165) is 11.4 Å². The molecule has 0 saturated carbocycles. The van der Waals surface area contributed by atoms with Crippen LogP contribution in [0.4, 0.5) is 5.69 Å². The summed E-state index contributed by atoms with van der Waals surface area (Å²) in [5, 5.41) is 11.9. The second-order valence-electron chi connectivity index (χ2n) is 5.09. The SMILES string of the molecule is Cc1nnc([C@@H](C)Nc2cccc(CSC(C)C)c2)o1. The van der Waals surface area contributed by atoms with Crippen molar-refractivity contribution in [1.29, 1.82) is 0 Å². The Bertz CT molecular complexity index is 554. The van der Waals surface area contributed by atoms with Crippen molar-refractivity contribution < 1.29 is 4.42 Å². The lowest BCUT2D eigenvalue weighted by atomic mass is 10.2. The highest BCUT2D eigenvalue weighted by Crippen LogP contribution is 2.22. The second-order valence-corrected chi connectivity index (χ2v) is 6.65. The first kappa shape index (κ1) is 14.9. The first-order chi connectivity index (χ1) is 9.54. The first-order valence-electron chi connectivity index (χ1n) is 6.81. The van der Waals surface area contributed by atoms with Gasteiger partial charge in [-0.1, -0.05) is 26.0 Å². The van der Waals surface area contributed by atoms with Gasteiger partial charge >= 0.3 is 0 Å². The van der Waals surface area contributed by atoms with Crippen LogP contribution >= 0.6 is 11.8 Å². The maximum absolute atomic E-state index is 5.44. The number of nitrogens with one attached hydrogen (secondary N) is 1. The van der Waals surface area contributed by atoms with E-state index in [2.05, 4.69) is 53.6 Å². The number of aromatic nitrogens is 2. The molecule has 0 amide bonds. The average Bonchev–Trinajstić information content (AvgIpc) is 2.84. The van der Waals surface area contributed by atoms with E-state index in [1.54, 1.807) is 6.92 Å². The number of rotatable bonds is 6. The number of thioether (sulfide) groups is 1. The zero-order valence-corrected chi connectivity index (χ0v) is 13.2. The van der Waals surface area contributed by atoms with E-state index in [1.165, 1.54) is 5.56 Å². The van der Waals surface area contributed by atoms with Crippen LogP contribution in [0.3, 0.4) is 0 Å². The minimum absolute atomic E-state index is 0.00389. The highest BCUT2D eigenvalue weighted by Gasteiger charge is 2.12. The van der Waals surface area contributed by atoms with Crippen molar-refractivity contribution in [3.63, 3.8) is 0 Å². The monoisotopic (exact) mass is 291 g/mol. The molecule has 1 atom stereocenters. The lowest BCUT2D eigenvalue weighted by Crippen LogP contribution is -2.07. The van der Waals surface area contributed by atoms with Gasteiger partial charge in [0.2, 0.25) is 11.8 Å². The highest BCUT2D eigenvalue weighted by molar-refractivity contribution is 7.99. The molecule has 4 nitrogen and oxygen atoms in total. The molecule has 0 aliphatic heterocycles. The normalized spacial score (nSPS) is 12.7. The molecular formula is C15H21N3OS. The third kappa shape index (κ3) is 4.27. The van der Waals surface area contributed by atoms with Crippen molar-refractivity contribution >= 4 is 17.4 Å². The molecule has 0 unspecified atom stereocenters. The van der Waals surface area contributed by atoms with Crippen LogP contribution in [-0.4, -0.2) is 15.4 Å². The van der Waals surface area contributed by atoms with Crippen molar-refractivity contribution in [3.05, 3.63) is 41.6 Å².